The molecular weight excluding hydrogens is 260 g/mol. The Balaban J connectivity index is 2.24. The molecule has 5 heteroatoms. The van der Waals surface area contributed by atoms with Crippen LogP contribution < -0.4 is 0 Å². The number of hydrogen-bond acceptors (Lipinski definition) is 5. The van der Waals surface area contributed by atoms with Crippen molar-refractivity contribution in [3.63, 3.8) is 0 Å². The van der Waals surface area contributed by atoms with E-state index in [1.165, 1.54) is 25.1 Å². The van der Waals surface area contributed by atoms with Crippen LogP contribution in [0.5, 0.6) is 5.75 Å². The summed E-state index contributed by atoms with van der Waals surface area (Å²) in [5.41, 5.74) is -1.20. The number of benzene rings is 1. The topological polar surface area (TPSA) is 94.8 Å². The van der Waals surface area contributed by atoms with Crippen LogP contribution in [0.25, 0.3) is 0 Å². The third-order valence-corrected chi connectivity index (χ3v) is 4.10. The molecule has 3 rings (SSSR count). The minimum absolute atomic E-state index is 0.00927. The van der Waals surface area contributed by atoms with Crippen molar-refractivity contribution in [3.05, 3.63) is 40.5 Å². The molecule has 1 aromatic rings. The summed E-state index contributed by atoms with van der Waals surface area (Å²) in [5.74, 6) is -1.18. The highest BCUT2D eigenvalue weighted by atomic mass is 16.3. The molecule has 0 spiro atoms. The lowest BCUT2D eigenvalue weighted by molar-refractivity contribution is -0.0537. The predicted molar refractivity (Wildman–Crippen MR) is 69.7 cm³/mol. The minimum atomic E-state index is -1.43. The molecule has 0 amide bonds. The van der Waals surface area contributed by atoms with Gasteiger partial charge in [-0.1, -0.05) is 12.1 Å². The second-order valence-corrected chi connectivity index (χ2v) is 5.51. The van der Waals surface area contributed by atoms with Crippen LogP contribution >= 0.6 is 0 Å². The molecule has 20 heavy (non-hydrogen) atoms. The molecule has 0 aromatic heterocycles. The van der Waals surface area contributed by atoms with E-state index < -0.39 is 23.3 Å². The molecule has 2 aliphatic carbocycles. The number of aliphatic hydroxyl groups excluding tert-OH is 1. The molecule has 5 nitrogen and oxygen atoms in total. The Bertz CT molecular complexity index is 669. The van der Waals surface area contributed by atoms with Crippen molar-refractivity contribution in [1.29, 1.82) is 0 Å². The second kappa shape index (κ2) is 4.01. The Morgan fingerprint density at radius 1 is 1.25 bits per heavy atom. The number of ketones is 2. The molecule has 0 aliphatic heterocycles. The quantitative estimate of drug-likeness (QED) is 0.655. The average Bonchev–Trinajstić information content (AvgIpc) is 2.39. The number of fused-ring (bicyclic) bond motifs is 1. The molecule has 0 heterocycles. The Hall–Kier alpha value is -1.98. The number of allylic oxidation sites excluding steroid dienone is 1. The molecule has 2 aliphatic rings. The van der Waals surface area contributed by atoms with Gasteiger partial charge in [0.1, 0.15) is 11.9 Å². The van der Waals surface area contributed by atoms with Crippen LogP contribution in [0.15, 0.2) is 29.3 Å². The first-order valence-electron chi connectivity index (χ1n) is 6.39. The van der Waals surface area contributed by atoms with Crippen molar-refractivity contribution < 1.29 is 24.9 Å². The maximum atomic E-state index is 12.5. The largest absolute Gasteiger partial charge is 0.507 e. The van der Waals surface area contributed by atoms with Crippen molar-refractivity contribution in [3.8, 4) is 5.75 Å². The highest BCUT2D eigenvalue weighted by molar-refractivity contribution is 6.28. The number of hydrogen-bond donors (Lipinski definition) is 3. The summed E-state index contributed by atoms with van der Waals surface area (Å²) in [4.78, 5) is 24.9. The fourth-order valence-corrected chi connectivity index (χ4v) is 2.89. The van der Waals surface area contributed by atoms with Gasteiger partial charge in [-0.2, -0.15) is 0 Å². The molecule has 2 atom stereocenters. The van der Waals surface area contributed by atoms with Gasteiger partial charge < -0.3 is 15.3 Å². The fraction of sp³-hybridized carbons (Fsp3) is 0.333. The van der Waals surface area contributed by atoms with Crippen LogP contribution in [-0.4, -0.2) is 38.6 Å². The smallest absolute Gasteiger partial charge is 0.193 e. The van der Waals surface area contributed by atoms with Gasteiger partial charge in [-0.3, -0.25) is 9.59 Å². The van der Waals surface area contributed by atoms with E-state index in [4.69, 9.17) is 0 Å². The van der Waals surface area contributed by atoms with Crippen molar-refractivity contribution in [1.82, 2.24) is 0 Å². The Morgan fingerprint density at radius 2 is 1.95 bits per heavy atom. The molecular formula is C15H14O5. The fourth-order valence-electron chi connectivity index (χ4n) is 2.89. The number of carbonyl (C=O) groups excluding carboxylic acids is 2. The molecule has 0 unspecified atom stereocenters. The Morgan fingerprint density at radius 3 is 2.65 bits per heavy atom. The van der Waals surface area contributed by atoms with Crippen molar-refractivity contribution in [2.24, 2.45) is 0 Å². The van der Waals surface area contributed by atoms with Crippen LogP contribution in [0.3, 0.4) is 0 Å². The zero-order valence-corrected chi connectivity index (χ0v) is 10.9. The zero-order valence-electron chi connectivity index (χ0n) is 10.9. The molecule has 0 saturated carbocycles. The number of rotatable bonds is 0. The number of phenols is 1. The first-order valence-corrected chi connectivity index (χ1v) is 6.39. The summed E-state index contributed by atoms with van der Waals surface area (Å²) in [6, 6.07) is 4.26. The normalized spacial score (nSPS) is 29.2. The van der Waals surface area contributed by atoms with Crippen molar-refractivity contribution in [2.75, 3.05) is 0 Å². The molecule has 0 fully saturated rings. The van der Waals surface area contributed by atoms with Crippen LogP contribution in [0.1, 0.15) is 40.5 Å². The summed E-state index contributed by atoms with van der Waals surface area (Å²) < 4.78 is 0. The standard InChI is InChI=1S/C15H14O5/c1-15(20)6-5-8-11(14(15)19)13(18)7-3-2-4-9(16)10(7)12(8)17/h2-4,14,16,19-20H,5-6H2,1H3/t14-,15+/m0/s1. The summed E-state index contributed by atoms with van der Waals surface area (Å²) in [6.45, 7) is 1.44. The van der Waals surface area contributed by atoms with Crippen LogP contribution in [0, 0.1) is 0 Å². The highest BCUT2D eigenvalue weighted by Gasteiger charge is 2.46. The number of aromatic hydroxyl groups is 1. The SMILES string of the molecule is C[C@@]1(O)CCC2=C(C(=O)c3cccc(O)c3C2=O)[C@@H]1O. The summed E-state index contributed by atoms with van der Waals surface area (Å²) in [7, 11) is 0. The number of carbonyl (C=O) groups is 2. The molecule has 104 valence electrons. The Kier molecular flexibility index (Phi) is 2.61. The second-order valence-electron chi connectivity index (χ2n) is 5.51. The van der Waals surface area contributed by atoms with Gasteiger partial charge in [-0.05, 0) is 25.8 Å². The van der Waals surface area contributed by atoms with E-state index in [2.05, 4.69) is 0 Å². The van der Waals surface area contributed by atoms with Gasteiger partial charge in [-0.25, -0.2) is 0 Å². The van der Waals surface area contributed by atoms with E-state index in [1.807, 2.05) is 0 Å². The van der Waals surface area contributed by atoms with Gasteiger partial charge in [0.05, 0.1) is 11.2 Å². The van der Waals surface area contributed by atoms with Gasteiger partial charge in [0, 0.05) is 16.7 Å². The van der Waals surface area contributed by atoms with Gasteiger partial charge in [0.2, 0.25) is 0 Å². The lowest BCUT2D eigenvalue weighted by atomic mass is 9.71. The van der Waals surface area contributed by atoms with E-state index in [-0.39, 0.29) is 40.9 Å². The molecule has 0 radical (unpaired) electrons. The van der Waals surface area contributed by atoms with Crippen LogP contribution in [-0.2, 0) is 0 Å². The minimum Gasteiger partial charge on any atom is -0.507 e. The van der Waals surface area contributed by atoms with E-state index in [9.17, 15) is 24.9 Å². The van der Waals surface area contributed by atoms with Gasteiger partial charge >= 0.3 is 0 Å². The van der Waals surface area contributed by atoms with E-state index in [0.717, 1.165) is 0 Å². The monoisotopic (exact) mass is 274 g/mol. The number of aliphatic hydroxyl groups is 2. The maximum absolute atomic E-state index is 12.5. The molecule has 3 N–H and O–H groups in total. The Labute approximate surface area is 115 Å². The number of phenolic OH excluding ortho intramolecular Hbond substituents is 1. The van der Waals surface area contributed by atoms with Crippen LogP contribution in [0.4, 0.5) is 0 Å². The lowest BCUT2D eigenvalue weighted by Gasteiger charge is -2.37. The first kappa shape index (κ1) is 13.0. The van der Waals surface area contributed by atoms with E-state index >= 15 is 0 Å². The molecule has 0 saturated heterocycles. The third kappa shape index (κ3) is 1.57. The average molecular weight is 274 g/mol. The van der Waals surface area contributed by atoms with Gasteiger partial charge in [0.15, 0.2) is 11.6 Å². The number of Topliss-reactive ketones (excluding diaryl/α,β-unsaturated/α-hetero) is 2. The predicted octanol–water partition coefficient (Wildman–Crippen LogP) is 0.973. The molecule has 1 aromatic carbocycles. The summed E-state index contributed by atoms with van der Waals surface area (Å²) in [6.07, 6.45) is -0.995. The van der Waals surface area contributed by atoms with Crippen molar-refractivity contribution in [2.45, 2.75) is 31.5 Å². The van der Waals surface area contributed by atoms with Crippen molar-refractivity contribution >= 4 is 11.6 Å². The summed E-state index contributed by atoms with van der Waals surface area (Å²) in [5, 5.41) is 30.1. The third-order valence-electron chi connectivity index (χ3n) is 4.10. The zero-order chi connectivity index (χ0) is 14.7. The lowest BCUT2D eigenvalue weighted by Crippen LogP contribution is -2.47. The van der Waals surface area contributed by atoms with E-state index in [0.29, 0.717) is 0 Å². The van der Waals surface area contributed by atoms with Gasteiger partial charge in [0.25, 0.3) is 0 Å². The first-order chi connectivity index (χ1) is 9.34. The van der Waals surface area contributed by atoms with Crippen LogP contribution in [0.2, 0.25) is 0 Å². The highest BCUT2D eigenvalue weighted by Crippen LogP contribution is 2.41. The maximum Gasteiger partial charge on any atom is 0.193 e. The summed E-state index contributed by atoms with van der Waals surface area (Å²) >= 11 is 0. The molecule has 0 bridgehead atoms. The van der Waals surface area contributed by atoms with Gasteiger partial charge in [-0.15, -0.1) is 0 Å². The van der Waals surface area contributed by atoms with E-state index in [1.54, 1.807) is 0 Å².